The first-order chi connectivity index (χ1) is 13.2. The van der Waals surface area contributed by atoms with Gasteiger partial charge in [-0.2, -0.15) is 0 Å². The monoisotopic (exact) mass is 364 g/mol. The molecule has 2 aromatic rings. The van der Waals surface area contributed by atoms with Gasteiger partial charge >= 0.3 is 0 Å². The van der Waals surface area contributed by atoms with E-state index in [2.05, 4.69) is 52.7 Å². The normalized spacial score (nSPS) is 19.2. The first-order valence-corrected chi connectivity index (χ1v) is 9.98. The molecule has 4 heteroatoms. The lowest BCUT2D eigenvalue weighted by molar-refractivity contribution is -0.133. The van der Waals surface area contributed by atoms with Crippen molar-refractivity contribution in [1.29, 1.82) is 0 Å². The Labute approximate surface area is 161 Å². The van der Waals surface area contributed by atoms with Crippen molar-refractivity contribution in [3.8, 4) is 5.75 Å². The molecule has 4 rings (SSSR count). The van der Waals surface area contributed by atoms with Crippen molar-refractivity contribution in [2.45, 2.75) is 39.3 Å². The van der Waals surface area contributed by atoms with E-state index >= 15 is 0 Å². The minimum absolute atomic E-state index is 0.233. The molecule has 0 radical (unpaired) electrons. The molecule has 2 aromatic carbocycles. The summed E-state index contributed by atoms with van der Waals surface area (Å²) in [5.41, 5.74) is 3.61. The molecule has 1 amide bonds. The molecule has 1 N–H and O–H groups in total. The Kier molecular flexibility index (Phi) is 5.17. The van der Waals surface area contributed by atoms with Crippen LogP contribution in [0.1, 0.15) is 36.5 Å². The molecule has 2 aliphatic rings. The van der Waals surface area contributed by atoms with Crippen LogP contribution in [-0.4, -0.2) is 30.5 Å². The molecule has 1 saturated heterocycles. The van der Waals surface area contributed by atoms with Gasteiger partial charge in [0.25, 0.3) is 0 Å². The molecule has 0 aliphatic carbocycles. The maximum absolute atomic E-state index is 12.9. The highest BCUT2D eigenvalue weighted by atomic mass is 16.5. The number of nitrogens with one attached hydrogen (secondary N) is 1. The Morgan fingerprint density at radius 3 is 2.63 bits per heavy atom. The number of piperidine rings is 1. The Bertz CT molecular complexity index is 810. The molecule has 0 saturated carbocycles. The summed E-state index contributed by atoms with van der Waals surface area (Å²) in [7, 11) is 0. The fraction of sp³-hybridized carbons (Fsp3) is 0.435. The van der Waals surface area contributed by atoms with Gasteiger partial charge in [-0.05, 0) is 68.1 Å². The molecule has 4 nitrogen and oxygen atoms in total. The summed E-state index contributed by atoms with van der Waals surface area (Å²) in [4.78, 5) is 15.4. The standard InChI is InChI=1S/C23H28N2O2/c1-2-27-21-9-5-6-18(14-21)17-25-12-10-23(11-13-25)15-19-7-3-4-8-20(19)16-24-22(23)26/h3-9,14H,2,10-13,15-17H2,1H3,(H,24,26). The molecule has 1 spiro atoms. The largest absolute Gasteiger partial charge is 0.494 e. The number of carbonyl (C=O) groups excluding carboxylic acids is 1. The summed E-state index contributed by atoms with van der Waals surface area (Å²) in [6, 6.07) is 16.8. The van der Waals surface area contributed by atoms with E-state index in [0.717, 1.165) is 44.6 Å². The van der Waals surface area contributed by atoms with Crippen molar-refractivity contribution >= 4 is 5.91 Å². The summed E-state index contributed by atoms with van der Waals surface area (Å²) in [5, 5.41) is 3.17. The molecule has 0 bridgehead atoms. The zero-order chi connectivity index (χ0) is 18.7. The van der Waals surface area contributed by atoms with Crippen LogP contribution in [0.5, 0.6) is 5.75 Å². The van der Waals surface area contributed by atoms with Gasteiger partial charge in [-0.25, -0.2) is 0 Å². The van der Waals surface area contributed by atoms with E-state index in [4.69, 9.17) is 4.74 Å². The van der Waals surface area contributed by atoms with Crippen molar-refractivity contribution < 1.29 is 9.53 Å². The lowest BCUT2D eigenvalue weighted by Crippen LogP contribution is -2.48. The summed E-state index contributed by atoms with van der Waals surface area (Å²) >= 11 is 0. The molecule has 27 heavy (non-hydrogen) atoms. The fourth-order valence-corrected chi connectivity index (χ4v) is 4.41. The third kappa shape index (κ3) is 3.86. The number of nitrogens with zero attached hydrogens (tertiary/aromatic N) is 1. The van der Waals surface area contributed by atoms with Gasteiger partial charge in [0.15, 0.2) is 0 Å². The fourth-order valence-electron chi connectivity index (χ4n) is 4.41. The van der Waals surface area contributed by atoms with E-state index in [1.54, 1.807) is 0 Å². The Balaban J connectivity index is 1.43. The van der Waals surface area contributed by atoms with Gasteiger partial charge in [-0.1, -0.05) is 36.4 Å². The number of hydrogen-bond acceptors (Lipinski definition) is 3. The van der Waals surface area contributed by atoms with E-state index in [1.165, 1.54) is 16.7 Å². The van der Waals surface area contributed by atoms with Gasteiger partial charge in [0, 0.05) is 13.1 Å². The van der Waals surface area contributed by atoms with Gasteiger partial charge in [0.1, 0.15) is 5.75 Å². The third-order valence-electron chi connectivity index (χ3n) is 6.00. The maximum atomic E-state index is 12.9. The summed E-state index contributed by atoms with van der Waals surface area (Å²) in [6.45, 7) is 6.17. The van der Waals surface area contributed by atoms with Crippen LogP contribution in [0.15, 0.2) is 48.5 Å². The molecule has 2 aliphatic heterocycles. The second-order valence-electron chi connectivity index (χ2n) is 7.77. The number of carbonyl (C=O) groups is 1. The number of rotatable bonds is 4. The van der Waals surface area contributed by atoms with Gasteiger partial charge in [0.2, 0.25) is 5.91 Å². The molecular weight excluding hydrogens is 336 g/mol. The van der Waals surface area contributed by atoms with Crippen molar-refractivity contribution in [3.05, 3.63) is 65.2 Å². The van der Waals surface area contributed by atoms with Crippen LogP contribution in [0.25, 0.3) is 0 Å². The highest BCUT2D eigenvalue weighted by Crippen LogP contribution is 2.38. The van der Waals surface area contributed by atoms with Crippen LogP contribution >= 0.6 is 0 Å². The van der Waals surface area contributed by atoms with Crippen LogP contribution < -0.4 is 10.1 Å². The zero-order valence-corrected chi connectivity index (χ0v) is 16.0. The predicted molar refractivity (Wildman–Crippen MR) is 107 cm³/mol. The number of fused-ring (bicyclic) bond motifs is 1. The SMILES string of the molecule is CCOc1cccc(CN2CCC3(CC2)Cc2ccccc2CNC3=O)c1. The zero-order valence-electron chi connectivity index (χ0n) is 16.0. The number of benzene rings is 2. The van der Waals surface area contributed by atoms with E-state index < -0.39 is 0 Å². The van der Waals surface area contributed by atoms with Crippen molar-refractivity contribution in [2.75, 3.05) is 19.7 Å². The van der Waals surface area contributed by atoms with E-state index in [0.29, 0.717) is 13.2 Å². The number of amides is 1. The molecule has 0 unspecified atom stereocenters. The maximum Gasteiger partial charge on any atom is 0.226 e. The van der Waals surface area contributed by atoms with E-state index in [-0.39, 0.29) is 11.3 Å². The number of likely N-dealkylation sites (tertiary alicyclic amines) is 1. The molecule has 0 aromatic heterocycles. The van der Waals surface area contributed by atoms with Gasteiger partial charge in [0.05, 0.1) is 12.0 Å². The highest BCUT2D eigenvalue weighted by Gasteiger charge is 2.42. The predicted octanol–water partition coefficient (Wildman–Crippen LogP) is 3.54. The lowest BCUT2D eigenvalue weighted by Gasteiger charge is -2.40. The first kappa shape index (κ1) is 18.1. The second-order valence-corrected chi connectivity index (χ2v) is 7.77. The minimum Gasteiger partial charge on any atom is -0.494 e. The molecule has 2 heterocycles. The highest BCUT2D eigenvalue weighted by molar-refractivity contribution is 5.83. The topological polar surface area (TPSA) is 41.6 Å². The average Bonchev–Trinajstić information content (AvgIpc) is 2.82. The smallest absolute Gasteiger partial charge is 0.226 e. The summed E-state index contributed by atoms with van der Waals surface area (Å²) in [5.74, 6) is 1.17. The van der Waals surface area contributed by atoms with E-state index in [9.17, 15) is 4.79 Å². The molecule has 1 fully saturated rings. The summed E-state index contributed by atoms with van der Waals surface area (Å²) < 4.78 is 5.62. The quantitative estimate of drug-likeness (QED) is 0.902. The van der Waals surface area contributed by atoms with Gasteiger partial charge in [-0.3, -0.25) is 9.69 Å². The Morgan fingerprint density at radius 1 is 1.07 bits per heavy atom. The summed E-state index contributed by atoms with van der Waals surface area (Å²) in [6.07, 6.45) is 2.69. The average molecular weight is 364 g/mol. The molecule has 142 valence electrons. The number of ether oxygens (including phenoxy) is 1. The van der Waals surface area contributed by atoms with Gasteiger partial charge < -0.3 is 10.1 Å². The van der Waals surface area contributed by atoms with Crippen molar-refractivity contribution in [3.63, 3.8) is 0 Å². The van der Waals surface area contributed by atoms with Gasteiger partial charge in [-0.15, -0.1) is 0 Å². The van der Waals surface area contributed by atoms with Crippen LogP contribution in [0, 0.1) is 5.41 Å². The Hall–Kier alpha value is -2.33. The molecular formula is C23H28N2O2. The van der Waals surface area contributed by atoms with Crippen LogP contribution in [-0.2, 0) is 24.3 Å². The van der Waals surface area contributed by atoms with Crippen LogP contribution in [0.2, 0.25) is 0 Å². The molecule has 0 atom stereocenters. The minimum atomic E-state index is -0.254. The lowest BCUT2D eigenvalue weighted by atomic mass is 9.73. The number of hydrogen-bond donors (Lipinski definition) is 1. The second kappa shape index (κ2) is 7.73. The van der Waals surface area contributed by atoms with E-state index in [1.807, 2.05) is 13.0 Å². The third-order valence-corrected chi connectivity index (χ3v) is 6.00. The van der Waals surface area contributed by atoms with Crippen molar-refractivity contribution in [2.24, 2.45) is 5.41 Å². The van der Waals surface area contributed by atoms with Crippen LogP contribution in [0.3, 0.4) is 0 Å². The first-order valence-electron chi connectivity index (χ1n) is 9.98. The van der Waals surface area contributed by atoms with Crippen LogP contribution in [0.4, 0.5) is 0 Å². The van der Waals surface area contributed by atoms with Crippen molar-refractivity contribution in [1.82, 2.24) is 10.2 Å². The Morgan fingerprint density at radius 2 is 1.85 bits per heavy atom.